The third-order valence-corrected chi connectivity index (χ3v) is 7.38. The zero-order valence-corrected chi connectivity index (χ0v) is 23.2. The van der Waals surface area contributed by atoms with Crippen molar-refractivity contribution in [2.45, 2.75) is 24.7 Å². The quantitative estimate of drug-likeness (QED) is 0.232. The minimum absolute atomic E-state index is 0.00694. The Morgan fingerprint density at radius 3 is 2.38 bits per heavy atom. The Balaban J connectivity index is 0.000000353. The highest BCUT2D eigenvalue weighted by atomic mass is 35.5. The lowest BCUT2D eigenvalue weighted by Gasteiger charge is -2.30. The minimum atomic E-state index is -3.32. The van der Waals surface area contributed by atoms with Crippen molar-refractivity contribution in [2.24, 2.45) is 10.8 Å². The van der Waals surface area contributed by atoms with Gasteiger partial charge in [-0.25, -0.2) is 17.8 Å². The van der Waals surface area contributed by atoms with E-state index in [2.05, 4.69) is 16.5 Å². The molecule has 0 bridgehead atoms. The largest absolute Gasteiger partial charge is 0.388 e. The maximum atomic E-state index is 12.6. The number of halogens is 2. The average Bonchev–Trinajstić information content (AvgIpc) is 2.91. The summed E-state index contributed by atoms with van der Waals surface area (Å²) in [7, 11) is -1.46. The van der Waals surface area contributed by atoms with Crippen LogP contribution in [0.2, 0.25) is 5.02 Å². The van der Waals surface area contributed by atoms with Crippen LogP contribution in [0.15, 0.2) is 76.2 Å². The molecule has 0 saturated carbocycles. The van der Waals surface area contributed by atoms with Crippen molar-refractivity contribution in [2.75, 3.05) is 23.6 Å². The highest BCUT2D eigenvalue weighted by molar-refractivity contribution is 7.90. The van der Waals surface area contributed by atoms with Gasteiger partial charge in [0.2, 0.25) is 0 Å². The van der Waals surface area contributed by atoms with Crippen LogP contribution in [0, 0.1) is 5.82 Å². The Hall–Kier alpha value is -4.02. The second kappa shape index (κ2) is 12.7. The first-order valence-electron chi connectivity index (χ1n) is 11.8. The van der Waals surface area contributed by atoms with Crippen LogP contribution < -0.4 is 16.1 Å². The number of hydrogen-bond donors (Lipinski definition) is 2. The molecule has 39 heavy (non-hydrogen) atoms. The maximum absolute atomic E-state index is 12.6. The summed E-state index contributed by atoms with van der Waals surface area (Å²) in [6.45, 7) is 2.03. The number of primary amides is 1. The highest BCUT2D eigenvalue weighted by Gasteiger charge is 2.24. The lowest BCUT2D eigenvalue weighted by Crippen LogP contribution is -2.22. The van der Waals surface area contributed by atoms with E-state index in [0.717, 1.165) is 47.8 Å². The number of nitrogens with zero attached hydrogens (tertiary/aromatic N) is 2. The zero-order valence-electron chi connectivity index (χ0n) is 21.6. The summed E-state index contributed by atoms with van der Waals surface area (Å²) in [6.07, 6.45) is 4.41. The Labute approximate surface area is 231 Å². The molecule has 0 heterocycles. The third kappa shape index (κ3) is 7.30. The van der Waals surface area contributed by atoms with Gasteiger partial charge in [-0.2, -0.15) is 5.10 Å². The number of nitrogens with one attached hydrogen (secondary N) is 1. The van der Waals surface area contributed by atoms with Crippen molar-refractivity contribution in [1.29, 1.82) is 0 Å². The van der Waals surface area contributed by atoms with Gasteiger partial charge in [0.15, 0.2) is 21.9 Å². The summed E-state index contributed by atoms with van der Waals surface area (Å²) in [5.41, 5.74) is 11.0. The fraction of sp³-hybridized carbons (Fsp3) is 0.179. The van der Waals surface area contributed by atoms with E-state index in [4.69, 9.17) is 17.3 Å². The number of nitrogens with two attached hydrogens (primary N) is 1. The van der Waals surface area contributed by atoms with Crippen molar-refractivity contribution in [3.05, 3.63) is 93.8 Å². The molecule has 1 aliphatic rings. The Morgan fingerprint density at radius 1 is 1.13 bits per heavy atom. The lowest BCUT2D eigenvalue weighted by atomic mass is 9.89. The summed E-state index contributed by atoms with van der Waals surface area (Å²) < 4.78 is 36.2. The molecule has 0 unspecified atom stereocenters. The van der Waals surface area contributed by atoms with Gasteiger partial charge in [-0.1, -0.05) is 23.7 Å². The molecule has 11 heteroatoms. The van der Waals surface area contributed by atoms with Gasteiger partial charge >= 0.3 is 0 Å². The van der Waals surface area contributed by atoms with Crippen molar-refractivity contribution in [1.82, 2.24) is 0 Å². The number of hydrogen-bond acceptors (Lipinski definition) is 7. The predicted molar refractivity (Wildman–Crippen MR) is 153 cm³/mol. The van der Waals surface area contributed by atoms with E-state index in [1.807, 2.05) is 26.1 Å². The van der Waals surface area contributed by atoms with Crippen LogP contribution in [0.5, 0.6) is 0 Å². The third-order valence-electron chi connectivity index (χ3n) is 5.96. The summed E-state index contributed by atoms with van der Waals surface area (Å²) in [6, 6.07) is 16.8. The topological polar surface area (TPSA) is 122 Å². The van der Waals surface area contributed by atoms with Crippen LogP contribution in [-0.4, -0.2) is 40.1 Å². The number of carbonyl (C=O) groups is 2. The molecule has 0 atom stereocenters. The van der Waals surface area contributed by atoms with Gasteiger partial charge in [0.05, 0.1) is 26.9 Å². The van der Waals surface area contributed by atoms with Crippen molar-refractivity contribution >= 4 is 56.9 Å². The fourth-order valence-corrected chi connectivity index (χ4v) is 4.76. The molecule has 204 valence electrons. The summed E-state index contributed by atoms with van der Waals surface area (Å²) in [5, 5.41) is 9.08. The van der Waals surface area contributed by atoms with Crippen LogP contribution in [0.3, 0.4) is 0 Å². The molecular formula is C28H28ClFN4O4S. The number of rotatable bonds is 7. The first-order chi connectivity index (χ1) is 18.5. The Bertz CT molecular complexity index is 1550. The maximum Gasteiger partial charge on any atom is 0.261 e. The number of amides is 1. The normalized spacial score (nSPS) is 12.8. The molecule has 1 aliphatic carbocycles. The molecule has 0 spiro atoms. The molecule has 0 saturated heterocycles. The van der Waals surface area contributed by atoms with E-state index in [9.17, 15) is 22.4 Å². The molecule has 0 fully saturated rings. The van der Waals surface area contributed by atoms with E-state index in [-0.39, 0.29) is 15.5 Å². The van der Waals surface area contributed by atoms with Gasteiger partial charge < -0.3 is 11.1 Å². The number of sulfone groups is 1. The van der Waals surface area contributed by atoms with Gasteiger partial charge in [0, 0.05) is 24.6 Å². The number of anilines is 2. The number of aryl methyl sites for hydroxylation is 1. The van der Waals surface area contributed by atoms with E-state index >= 15 is 0 Å². The predicted octanol–water partition coefficient (Wildman–Crippen LogP) is 5.08. The average molecular weight is 571 g/mol. The summed E-state index contributed by atoms with van der Waals surface area (Å²) in [4.78, 5) is 21.7. The molecular weight excluding hydrogens is 543 g/mol. The van der Waals surface area contributed by atoms with E-state index < -0.39 is 21.6 Å². The van der Waals surface area contributed by atoms with Crippen LogP contribution in [0.1, 0.15) is 34.8 Å². The van der Waals surface area contributed by atoms with Crippen LogP contribution in [0.4, 0.5) is 15.8 Å². The number of allylic oxidation sites excluding steroid dienone is 1. The van der Waals surface area contributed by atoms with E-state index in [1.54, 1.807) is 17.1 Å². The Kier molecular flexibility index (Phi) is 9.61. The minimum Gasteiger partial charge on any atom is -0.388 e. The van der Waals surface area contributed by atoms with Crippen LogP contribution >= 0.6 is 11.6 Å². The van der Waals surface area contributed by atoms with Crippen molar-refractivity contribution < 1.29 is 22.4 Å². The Morgan fingerprint density at radius 2 is 1.82 bits per heavy atom. The fourth-order valence-electron chi connectivity index (χ4n) is 3.95. The number of fused-ring (bicyclic) bond motifs is 1. The number of carbonyl (C=O) groups excluding carboxylic acids is 2. The molecule has 0 aliphatic heterocycles. The van der Waals surface area contributed by atoms with Gasteiger partial charge in [-0.05, 0) is 79.4 Å². The zero-order chi connectivity index (χ0) is 28.7. The molecule has 4 rings (SSSR count). The van der Waals surface area contributed by atoms with Gasteiger partial charge in [-0.15, -0.1) is 0 Å². The number of hydrazone groups is 1. The molecule has 8 nitrogen and oxygen atoms in total. The van der Waals surface area contributed by atoms with Crippen LogP contribution in [-0.2, 0) is 21.1 Å². The first kappa shape index (κ1) is 29.5. The molecule has 3 N–H and O–H groups in total. The molecule has 3 aromatic rings. The summed E-state index contributed by atoms with van der Waals surface area (Å²) >= 11 is 5.36. The van der Waals surface area contributed by atoms with Crippen LogP contribution in [0.25, 0.3) is 5.70 Å². The highest BCUT2D eigenvalue weighted by Crippen LogP contribution is 2.38. The smallest absolute Gasteiger partial charge is 0.261 e. The molecule has 0 aromatic heterocycles. The molecule has 0 radical (unpaired) electrons. The van der Waals surface area contributed by atoms with Gasteiger partial charge in [0.25, 0.3) is 5.91 Å². The van der Waals surface area contributed by atoms with Gasteiger partial charge in [-0.3, -0.25) is 9.59 Å². The second-order valence-corrected chi connectivity index (χ2v) is 11.2. The van der Waals surface area contributed by atoms with Crippen molar-refractivity contribution in [3.8, 4) is 0 Å². The van der Waals surface area contributed by atoms with Crippen molar-refractivity contribution in [3.63, 3.8) is 0 Å². The lowest BCUT2D eigenvalue weighted by molar-refractivity contribution is -0.111. The standard InChI is InChI=1S/C21H24N4O3S.C7H4ClFO/c1-14-4-5-15-6-7-16(23-2)12-19(15)21(14)25(24-13-20(22)26)17-8-10-18(11-9-17)29(3,27)28;8-6-3-1-2-5(4-10)7(6)9/h6-13,23H,4-5H2,1-3H3,(H2,22,26);1-4H/b24-13+;. The SMILES string of the molecule is CNc1ccc2c(c1)C(N(/N=C/C(N)=O)c1ccc(S(C)(=O)=O)cc1)=C(C)CC2.O=Cc1cccc(Cl)c1F. The van der Waals surface area contributed by atoms with E-state index in [1.165, 1.54) is 35.9 Å². The molecule has 3 aromatic carbocycles. The van der Waals surface area contributed by atoms with Gasteiger partial charge in [0.1, 0.15) is 6.21 Å². The molecule has 1 amide bonds. The number of benzene rings is 3. The first-order valence-corrected chi connectivity index (χ1v) is 14.1. The monoisotopic (exact) mass is 570 g/mol. The summed E-state index contributed by atoms with van der Waals surface area (Å²) in [5.74, 6) is -1.32. The van der Waals surface area contributed by atoms with E-state index in [0.29, 0.717) is 12.0 Å². The number of aldehydes is 1. The second-order valence-electron chi connectivity index (χ2n) is 8.74.